The van der Waals surface area contributed by atoms with Gasteiger partial charge in [-0.25, -0.2) is 4.98 Å². The SMILES string of the molecule is CC(C)c1cc(C(=O)NCc2csc(=O)[nH]2)cc(N)n1. The second-order valence-corrected chi connectivity index (χ2v) is 5.56. The molecule has 0 aromatic carbocycles. The van der Waals surface area contributed by atoms with Crippen molar-refractivity contribution in [2.75, 3.05) is 5.73 Å². The summed E-state index contributed by atoms with van der Waals surface area (Å²) in [5.41, 5.74) is 7.64. The van der Waals surface area contributed by atoms with E-state index in [4.69, 9.17) is 5.73 Å². The lowest BCUT2D eigenvalue weighted by molar-refractivity contribution is 0.0950. The van der Waals surface area contributed by atoms with E-state index in [1.54, 1.807) is 11.4 Å². The maximum Gasteiger partial charge on any atom is 0.304 e. The number of nitrogens with two attached hydrogens (primary N) is 1. The Bertz CT molecular complexity index is 675. The smallest absolute Gasteiger partial charge is 0.304 e. The third kappa shape index (κ3) is 3.45. The van der Waals surface area contributed by atoms with Gasteiger partial charge >= 0.3 is 4.87 Å². The molecule has 2 heterocycles. The summed E-state index contributed by atoms with van der Waals surface area (Å²) in [6.45, 7) is 4.25. The highest BCUT2D eigenvalue weighted by Crippen LogP contribution is 2.16. The van der Waals surface area contributed by atoms with Gasteiger partial charge in [-0.2, -0.15) is 0 Å². The first-order chi connectivity index (χ1) is 9.45. The van der Waals surface area contributed by atoms with Crippen molar-refractivity contribution in [3.05, 3.63) is 44.1 Å². The van der Waals surface area contributed by atoms with E-state index < -0.39 is 0 Å². The molecular formula is C13H16N4O2S. The molecule has 0 radical (unpaired) electrons. The van der Waals surface area contributed by atoms with Crippen molar-refractivity contribution in [1.82, 2.24) is 15.3 Å². The fourth-order valence-corrected chi connectivity index (χ4v) is 2.26. The van der Waals surface area contributed by atoms with Gasteiger partial charge in [-0.05, 0) is 18.1 Å². The summed E-state index contributed by atoms with van der Waals surface area (Å²) < 4.78 is 0. The van der Waals surface area contributed by atoms with E-state index in [0.717, 1.165) is 17.0 Å². The predicted octanol–water partition coefficient (Wildman–Crippen LogP) is 1.47. The molecule has 4 N–H and O–H groups in total. The van der Waals surface area contributed by atoms with Crippen LogP contribution in [-0.4, -0.2) is 15.9 Å². The molecule has 106 valence electrons. The number of pyridine rings is 1. The minimum atomic E-state index is -0.243. The van der Waals surface area contributed by atoms with Crippen LogP contribution in [0.2, 0.25) is 0 Å². The molecule has 2 aromatic rings. The van der Waals surface area contributed by atoms with Crippen LogP contribution in [0.3, 0.4) is 0 Å². The lowest BCUT2D eigenvalue weighted by Gasteiger charge is -2.09. The van der Waals surface area contributed by atoms with E-state index in [-0.39, 0.29) is 23.2 Å². The first kappa shape index (κ1) is 14.3. The Hall–Kier alpha value is -2.15. The molecule has 0 atom stereocenters. The van der Waals surface area contributed by atoms with Crippen molar-refractivity contribution >= 4 is 23.1 Å². The fraction of sp³-hybridized carbons (Fsp3) is 0.308. The van der Waals surface area contributed by atoms with Crippen LogP contribution in [0, 0.1) is 0 Å². The Balaban J connectivity index is 2.10. The van der Waals surface area contributed by atoms with Crippen LogP contribution >= 0.6 is 11.3 Å². The zero-order valence-electron chi connectivity index (χ0n) is 11.3. The number of anilines is 1. The van der Waals surface area contributed by atoms with E-state index in [2.05, 4.69) is 15.3 Å². The Morgan fingerprint density at radius 2 is 2.25 bits per heavy atom. The van der Waals surface area contributed by atoms with Gasteiger partial charge in [0.1, 0.15) is 5.82 Å². The third-order valence-corrected chi connectivity index (χ3v) is 3.45. The Morgan fingerprint density at radius 1 is 1.50 bits per heavy atom. The molecule has 0 unspecified atom stereocenters. The maximum absolute atomic E-state index is 12.1. The minimum absolute atomic E-state index is 0.135. The van der Waals surface area contributed by atoms with Crippen LogP contribution in [0.15, 0.2) is 22.3 Å². The molecule has 6 nitrogen and oxygen atoms in total. The molecule has 1 amide bonds. The van der Waals surface area contributed by atoms with Crippen molar-refractivity contribution < 1.29 is 4.79 Å². The van der Waals surface area contributed by atoms with Crippen molar-refractivity contribution in [2.45, 2.75) is 26.3 Å². The Morgan fingerprint density at radius 3 is 2.85 bits per heavy atom. The molecule has 0 saturated heterocycles. The number of nitrogens with zero attached hydrogens (tertiary/aromatic N) is 1. The average molecular weight is 292 g/mol. The predicted molar refractivity (Wildman–Crippen MR) is 78.8 cm³/mol. The molecule has 0 aliphatic rings. The number of nitrogen functional groups attached to an aromatic ring is 1. The molecule has 2 rings (SSSR count). The van der Waals surface area contributed by atoms with Crippen LogP contribution in [-0.2, 0) is 6.54 Å². The summed E-state index contributed by atoms with van der Waals surface area (Å²) in [6, 6.07) is 3.27. The van der Waals surface area contributed by atoms with Crippen molar-refractivity contribution in [3.8, 4) is 0 Å². The van der Waals surface area contributed by atoms with E-state index in [1.807, 2.05) is 13.8 Å². The van der Waals surface area contributed by atoms with Crippen molar-refractivity contribution in [1.29, 1.82) is 0 Å². The van der Waals surface area contributed by atoms with Crippen molar-refractivity contribution in [2.24, 2.45) is 0 Å². The summed E-state index contributed by atoms with van der Waals surface area (Å²) >= 11 is 1.07. The van der Waals surface area contributed by atoms with Crippen LogP contribution in [0.4, 0.5) is 5.82 Å². The summed E-state index contributed by atoms with van der Waals surface area (Å²) in [6.07, 6.45) is 0. The lowest BCUT2D eigenvalue weighted by Crippen LogP contribution is -2.24. The molecule has 0 bridgehead atoms. The summed E-state index contributed by atoms with van der Waals surface area (Å²) in [7, 11) is 0. The monoisotopic (exact) mass is 292 g/mol. The number of nitrogens with one attached hydrogen (secondary N) is 2. The lowest BCUT2D eigenvalue weighted by atomic mass is 10.1. The number of carbonyl (C=O) groups is 1. The number of aromatic amines is 1. The second-order valence-electron chi connectivity index (χ2n) is 4.72. The quantitative estimate of drug-likeness (QED) is 0.794. The highest BCUT2D eigenvalue weighted by atomic mass is 32.1. The van der Waals surface area contributed by atoms with Gasteiger partial charge in [0.05, 0.1) is 6.54 Å². The van der Waals surface area contributed by atoms with Crippen LogP contribution < -0.4 is 15.9 Å². The highest BCUT2D eigenvalue weighted by Gasteiger charge is 2.11. The number of hydrogen-bond donors (Lipinski definition) is 3. The molecule has 0 aliphatic carbocycles. The van der Waals surface area contributed by atoms with Gasteiger partial charge in [0.2, 0.25) is 0 Å². The molecule has 2 aromatic heterocycles. The van der Waals surface area contributed by atoms with E-state index in [9.17, 15) is 9.59 Å². The number of H-pyrrole nitrogens is 1. The normalized spacial score (nSPS) is 10.8. The van der Waals surface area contributed by atoms with Gasteiger partial charge < -0.3 is 16.0 Å². The van der Waals surface area contributed by atoms with Gasteiger partial charge in [0.25, 0.3) is 5.91 Å². The first-order valence-corrected chi connectivity index (χ1v) is 7.06. The molecule has 0 aliphatic heterocycles. The summed E-state index contributed by atoms with van der Waals surface area (Å²) in [5, 5.41) is 4.42. The average Bonchev–Trinajstić information content (AvgIpc) is 2.81. The highest BCUT2D eigenvalue weighted by molar-refractivity contribution is 7.07. The molecule has 0 fully saturated rings. The number of hydrogen-bond acceptors (Lipinski definition) is 5. The van der Waals surface area contributed by atoms with E-state index >= 15 is 0 Å². The molecular weight excluding hydrogens is 276 g/mol. The number of amides is 1. The summed E-state index contributed by atoms with van der Waals surface area (Å²) in [4.78, 5) is 29.8. The zero-order chi connectivity index (χ0) is 14.7. The van der Waals surface area contributed by atoms with Crippen molar-refractivity contribution in [3.63, 3.8) is 0 Å². The van der Waals surface area contributed by atoms with Gasteiger partial charge in [-0.15, -0.1) is 0 Å². The fourth-order valence-electron chi connectivity index (χ4n) is 1.68. The topological polar surface area (TPSA) is 101 Å². The molecule has 0 saturated carbocycles. The molecule has 20 heavy (non-hydrogen) atoms. The van der Waals surface area contributed by atoms with Gasteiger partial charge in [0.15, 0.2) is 0 Å². The maximum atomic E-state index is 12.1. The standard InChI is InChI=1S/C13H16N4O2S/c1-7(2)10-3-8(4-11(14)17-10)12(18)15-5-9-6-20-13(19)16-9/h3-4,6-7H,5H2,1-2H3,(H2,14,17)(H,15,18)(H,16,19). The van der Waals surface area contributed by atoms with Crippen LogP contribution in [0.5, 0.6) is 0 Å². The largest absolute Gasteiger partial charge is 0.384 e. The van der Waals surface area contributed by atoms with Crippen LogP contribution in [0.1, 0.15) is 41.5 Å². The van der Waals surface area contributed by atoms with Gasteiger partial charge in [-0.1, -0.05) is 25.2 Å². The molecule has 0 spiro atoms. The van der Waals surface area contributed by atoms with Gasteiger partial charge in [0, 0.05) is 22.3 Å². The van der Waals surface area contributed by atoms with E-state index in [1.165, 1.54) is 6.07 Å². The minimum Gasteiger partial charge on any atom is -0.384 e. The Kier molecular flexibility index (Phi) is 4.19. The van der Waals surface area contributed by atoms with E-state index in [0.29, 0.717) is 17.1 Å². The Labute approximate surface area is 120 Å². The zero-order valence-corrected chi connectivity index (χ0v) is 12.1. The summed E-state index contributed by atoms with van der Waals surface area (Å²) in [5.74, 6) is 0.275. The third-order valence-electron chi connectivity index (χ3n) is 2.73. The second kappa shape index (κ2) is 5.87. The first-order valence-electron chi connectivity index (χ1n) is 6.18. The number of thiazole rings is 1. The van der Waals surface area contributed by atoms with Crippen LogP contribution in [0.25, 0.3) is 0 Å². The number of carbonyl (C=O) groups excluding carboxylic acids is 1. The van der Waals surface area contributed by atoms with Gasteiger partial charge in [-0.3, -0.25) is 9.59 Å². The number of aromatic nitrogens is 2. The molecule has 7 heteroatoms. The number of rotatable bonds is 4.